The van der Waals surface area contributed by atoms with Gasteiger partial charge < -0.3 is 19.3 Å². The number of H-pyrrole nitrogens is 1. The van der Waals surface area contributed by atoms with E-state index in [-0.39, 0.29) is 10.1 Å². The number of aromatic amines is 1. The zero-order valence-corrected chi connectivity index (χ0v) is 20.5. The molecule has 1 heterocycles. The fourth-order valence-corrected chi connectivity index (χ4v) is 4.22. The molecule has 0 saturated heterocycles. The first-order valence-corrected chi connectivity index (χ1v) is 11.2. The van der Waals surface area contributed by atoms with E-state index in [1.165, 1.54) is 20.3 Å². The highest BCUT2D eigenvalue weighted by atomic mass is 79.9. The Bertz CT molecular complexity index is 1170. The predicted octanol–water partition coefficient (Wildman–Crippen LogP) is 5.52. The van der Waals surface area contributed by atoms with Crippen molar-refractivity contribution < 1.29 is 24.1 Å². The second kappa shape index (κ2) is 10.8. The van der Waals surface area contributed by atoms with Crippen LogP contribution in [-0.4, -0.2) is 47.1 Å². The van der Waals surface area contributed by atoms with Crippen molar-refractivity contribution in [3.63, 3.8) is 0 Å². The summed E-state index contributed by atoms with van der Waals surface area (Å²) >= 11 is 10.4. The molecule has 0 aliphatic rings. The summed E-state index contributed by atoms with van der Waals surface area (Å²) in [5.74, 6) is 0.872. The molecule has 3 rings (SSSR count). The lowest BCUT2D eigenvalue weighted by Gasteiger charge is -2.12. The molecule has 8 nitrogen and oxygen atoms in total. The number of aliphatic carboxylic acids is 1. The fourth-order valence-electron chi connectivity index (χ4n) is 2.77. The molecule has 0 aliphatic carbocycles. The van der Waals surface area contributed by atoms with Crippen LogP contribution in [0.2, 0.25) is 5.02 Å². The molecule has 0 atom stereocenters. The predicted molar refractivity (Wildman–Crippen MR) is 127 cm³/mol. The van der Waals surface area contributed by atoms with E-state index >= 15 is 0 Å². The van der Waals surface area contributed by atoms with E-state index in [0.717, 1.165) is 11.8 Å². The maximum Gasteiger partial charge on any atom is 0.342 e. The molecular weight excluding hydrogens is 522 g/mol. The van der Waals surface area contributed by atoms with E-state index in [1.54, 1.807) is 30.3 Å². The van der Waals surface area contributed by atoms with Crippen LogP contribution in [0.3, 0.4) is 0 Å². The molecule has 2 N–H and O–H groups in total. The Balaban J connectivity index is 1.92. The number of ether oxygens (including phenoxy) is 3. The Morgan fingerprint density at radius 2 is 2.00 bits per heavy atom. The zero-order chi connectivity index (χ0) is 23.3. The molecule has 3 aromatic rings. The minimum atomic E-state index is -1.12. The van der Waals surface area contributed by atoms with E-state index in [2.05, 4.69) is 31.1 Å². The first kappa shape index (κ1) is 24.0. The van der Waals surface area contributed by atoms with Crippen molar-refractivity contribution in [3.05, 3.63) is 50.3 Å². The lowest BCUT2D eigenvalue weighted by Crippen LogP contribution is -1.99. The summed E-state index contributed by atoms with van der Waals surface area (Å²) in [6.45, 7) is 2.33. The summed E-state index contributed by atoms with van der Waals surface area (Å²) in [6, 6.07) is 8.54. The molecule has 11 heteroatoms. The number of halogens is 2. The highest BCUT2D eigenvalue weighted by Gasteiger charge is 2.18. The third-order valence-corrected chi connectivity index (χ3v) is 5.83. The van der Waals surface area contributed by atoms with Gasteiger partial charge in [-0.1, -0.05) is 11.6 Å². The van der Waals surface area contributed by atoms with Gasteiger partial charge in [0.1, 0.15) is 10.7 Å². The van der Waals surface area contributed by atoms with Crippen LogP contribution in [0.1, 0.15) is 12.5 Å². The number of hydrogen-bond donors (Lipinski definition) is 2. The highest BCUT2D eigenvalue weighted by molar-refractivity contribution is 9.10. The number of hydrogen-bond acceptors (Lipinski definition) is 7. The third-order valence-electron chi connectivity index (χ3n) is 4.13. The SMILES string of the molecule is CCOc1c(Br)cc(/C=C(\Sc2n[nH]c(-c3cc(Cl)ccc3OC)n2)C(=O)O)cc1OC. The van der Waals surface area contributed by atoms with Gasteiger partial charge in [-0.3, -0.25) is 5.10 Å². The zero-order valence-electron chi connectivity index (χ0n) is 17.3. The van der Waals surface area contributed by atoms with Crippen molar-refractivity contribution >= 4 is 51.3 Å². The Hall–Kier alpha value is -2.69. The van der Waals surface area contributed by atoms with Gasteiger partial charge in [-0.25, -0.2) is 9.78 Å². The smallest absolute Gasteiger partial charge is 0.342 e. The van der Waals surface area contributed by atoms with Gasteiger partial charge in [0.05, 0.1) is 30.9 Å². The molecule has 0 saturated carbocycles. The first-order chi connectivity index (χ1) is 15.4. The standard InChI is InChI=1S/C21H19BrClN3O5S/c1-4-31-18-14(22)7-11(8-16(18)30-3)9-17(20(27)28)32-21-24-19(25-26-21)13-10-12(23)5-6-15(13)29-2/h5-10H,4H2,1-3H3,(H,27,28)(H,24,25,26)/b17-9-. The number of benzene rings is 2. The fraction of sp³-hybridized carbons (Fsp3) is 0.190. The van der Waals surface area contributed by atoms with Crippen molar-refractivity contribution in [2.75, 3.05) is 20.8 Å². The molecular formula is C21H19BrClN3O5S. The largest absolute Gasteiger partial charge is 0.496 e. The molecule has 168 valence electrons. The lowest BCUT2D eigenvalue weighted by atomic mass is 10.2. The average molecular weight is 541 g/mol. The summed E-state index contributed by atoms with van der Waals surface area (Å²) < 4.78 is 16.9. The van der Waals surface area contributed by atoms with E-state index in [0.29, 0.717) is 50.3 Å². The molecule has 0 bridgehead atoms. The molecule has 0 aliphatic heterocycles. The van der Waals surface area contributed by atoms with Crippen molar-refractivity contribution in [2.45, 2.75) is 12.1 Å². The topological polar surface area (TPSA) is 107 Å². The second-order valence-corrected chi connectivity index (χ2v) is 8.49. The van der Waals surface area contributed by atoms with E-state index in [9.17, 15) is 9.90 Å². The molecule has 0 spiro atoms. The summed E-state index contributed by atoms with van der Waals surface area (Å²) in [5.41, 5.74) is 1.22. The van der Waals surface area contributed by atoms with Gasteiger partial charge in [-0.2, -0.15) is 0 Å². The molecule has 1 aromatic heterocycles. The monoisotopic (exact) mass is 539 g/mol. The normalized spacial score (nSPS) is 11.3. The van der Waals surface area contributed by atoms with Gasteiger partial charge in [-0.05, 0) is 76.6 Å². The lowest BCUT2D eigenvalue weighted by molar-refractivity contribution is -0.131. The van der Waals surface area contributed by atoms with Gasteiger partial charge in [0, 0.05) is 5.02 Å². The van der Waals surface area contributed by atoms with Crippen LogP contribution in [0.4, 0.5) is 0 Å². The number of carboxylic acids is 1. The van der Waals surface area contributed by atoms with Crippen LogP contribution in [-0.2, 0) is 4.79 Å². The number of nitrogens with zero attached hydrogens (tertiary/aromatic N) is 2. The van der Waals surface area contributed by atoms with Gasteiger partial charge in [0.2, 0.25) is 5.16 Å². The van der Waals surface area contributed by atoms with Gasteiger partial charge in [-0.15, -0.1) is 5.10 Å². The van der Waals surface area contributed by atoms with Crippen molar-refractivity contribution in [2.24, 2.45) is 0 Å². The van der Waals surface area contributed by atoms with Crippen molar-refractivity contribution in [1.29, 1.82) is 0 Å². The third kappa shape index (κ3) is 5.56. The Labute approximate surface area is 202 Å². The number of nitrogens with one attached hydrogen (secondary N) is 1. The van der Waals surface area contributed by atoms with Crippen molar-refractivity contribution in [1.82, 2.24) is 15.2 Å². The van der Waals surface area contributed by atoms with Crippen LogP contribution >= 0.6 is 39.3 Å². The molecule has 0 radical (unpaired) electrons. The highest BCUT2D eigenvalue weighted by Crippen LogP contribution is 2.38. The minimum Gasteiger partial charge on any atom is -0.496 e. The van der Waals surface area contributed by atoms with E-state index in [1.807, 2.05) is 6.92 Å². The molecule has 0 unspecified atom stereocenters. The minimum absolute atomic E-state index is 0.0201. The Morgan fingerprint density at radius 3 is 2.66 bits per heavy atom. The van der Waals surface area contributed by atoms with Crippen LogP contribution in [0, 0.1) is 0 Å². The van der Waals surface area contributed by atoms with E-state index < -0.39 is 5.97 Å². The quantitative estimate of drug-likeness (QED) is 0.270. The number of thioether (sulfide) groups is 1. The first-order valence-electron chi connectivity index (χ1n) is 9.25. The van der Waals surface area contributed by atoms with Crippen molar-refractivity contribution in [3.8, 4) is 28.6 Å². The number of carbonyl (C=O) groups is 1. The van der Waals surface area contributed by atoms with Crippen LogP contribution in [0.15, 0.2) is 44.9 Å². The average Bonchev–Trinajstić information content (AvgIpc) is 3.23. The number of aromatic nitrogens is 3. The molecule has 32 heavy (non-hydrogen) atoms. The molecule has 2 aromatic carbocycles. The maximum atomic E-state index is 11.9. The number of carboxylic acid groups (broad SMARTS) is 1. The summed E-state index contributed by atoms with van der Waals surface area (Å²) in [7, 11) is 3.05. The number of methoxy groups -OCH3 is 2. The Kier molecular flexibility index (Phi) is 8.05. The van der Waals surface area contributed by atoms with Crippen LogP contribution in [0.5, 0.6) is 17.2 Å². The van der Waals surface area contributed by atoms with Gasteiger partial charge in [0.25, 0.3) is 0 Å². The molecule has 0 fully saturated rings. The van der Waals surface area contributed by atoms with Crippen LogP contribution in [0.25, 0.3) is 17.5 Å². The van der Waals surface area contributed by atoms with Gasteiger partial charge >= 0.3 is 5.97 Å². The van der Waals surface area contributed by atoms with Gasteiger partial charge in [0.15, 0.2) is 17.3 Å². The van der Waals surface area contributed by atoms with Crippen LogP contribution < -0.4 is 14.2 Å². The van der Waals surface area contributed by atoms with E-state index in [4.69, 9.17) is 25.8 Å². The summed E-state index contributed by atoms with van der Waals surface area (Å²) in [6.07, 6.45) is 1.51. The second-order valence-electron chi connectivity index (χ2n) is 6.19. The Morgan fingerprint density at radius 1 is 1.25 bits per heavy atom. The summed E-state index contributed by atoms with van der Waals surface area (Å²) in [4.78, 5) is 16.3. The number of rotatable bonds is 9. The maximum absolute atomic E-state index is 11.9. The molecule has 0 amide bonds. The summed E-state index contributed by atoms with van der Waals surface area (Å²) in [5, 5.41) is 17.4.